The van der Waals surface area contributed by atoms with Crippen molar-refractivity contribution < 1.29 is 9.85 Å². The van der Waals surface area contributed by atoms with E-state index in [0.717, 1.165) is 6.07 Å². The number of nitrogens with zero attached hydrogens (tertiary/aromatic N) is 3. The number of nitro benzene ring substituents is 2. The fraction of sp³-hybridized carbons (Fsp3) is 0. The number of non-ortho nitro benzene ring substituents is 1. The summed E-state index contributed by atoms with van der Waals surface area (Å²) >= 11 is 1.27. The first-order chi connectivity index (χ1) is 8.50. The fourth-order valence-electron chi connectivity index (χ4n) is 1.44. The summed E-state index contributed by atoms with van der Waals surface area (Å²) in [5.41, 5.74) is 6.72. The van der Waals surface area contributed by atoms with E-state index in [1.54, 1.807) is 5.38 Å². The molecule has 9 heteroatoms. The molecule has 0 fully saturated rings. The molecule has 1 heterocycles. The Bertz CT molecular complexity index is 626. The van der Waals surface area contributed by atoms with Gasteiger partial charge >= 0.3 is 0 Å². The quantitative estimate of drug-likeness (QED) is 0.515. The number of anilines is 1. The standard InChI is InChI=1S/C9H6N4O4S/c10-9-6(7-3-18-4-11-7)1-5(12(14)15)2-8(9)13(16)17/h1-4H,10H2. The van der Waals surface area contributed by atoms with Crippen LogP contribution in [0.25, 0.3) is 11.3 Å². The second-order valence-corrected chi connectivity index (χ2v) is 4.03. The van der Waals surface area contributed by atoms with Crippen LogP contribution < -0.4 is 5.73 Å². The van der Waals surface area contributed by atoms with Gasteiger partial charge < -0.3 is 5.73 Å². The van der Waals surface area contributed by atoms with Crippen LogP contribution in [0.3, 0.4) is 0 Å². The highest BCUT2D eigenvalue weighted by atomic mass is 32.1. The number of rotatable bonds is 3. The topological polar surface area (TPSA) is 125 Å². The lowest BCUT2D eigenvalue weighted by Gasteiger charge is -2.03. The number of hydrogen-bond acceptors (Lipinski definition) is 7. The normalized spacial score (nSPS) is 10.2. The molecule has 2 rings (SSSR count). The Morgan fingerprint density at radius 2 is 1.94 bits per heavy atom. The van der Waals surface area contributed by atoms with Gasteiger partial charge in [0, 0.05) is 17.0 Å². The van der Waals surface area contributed by atoms with Crippen molar-refractivity contribution in [2.24, 2.45) is 0 Å². The Morgan fingerprint density at radius 3 is 2.44 bits per heavy atom. The highest BCUT2D eigenvalue weighted by Crippen LogP contribution is 2.36. The van der Waals surface area contributed by atoms with Crippen molar-refractivity contribution in [2.45, 2.75) is 0 Å². The summed E-state index contributed by atoms with van der Waals surface area (Å²) in [6.07, 6.45) is 0. The summed E-state index contributed by atoms with van der Waals surface area (Å²) in [6.45, 7) is 0. The Labute approximate surface area is 104 Å². The van der Waals surface area contributed by atoms with Gasteiger partial charge in [0.1, 0.15) is 5.69 Å². The lowest BCUT2D eigenvalue weighted by Crippen LogP contribution is -2.00. The number of benzene rings is 1. The van der Waals surface area contributed by atoms with Crippen molar-refractivity contribution in [3.63, 3.8) is 0 Å². The summed E-state index contributed by atoms with van der Waals surface area (Å²) in [7, 11) is 0. The molecule has 2 aromatic rings. The van der Waals surface area contributed by atoms with Crippen molar-refractivity contribution >= 4 is 28.4 Å². The molecule has 0 unspecified atom stereocenters. The first kappa shape index (κ1) is 11.9. The number of thiazole rings is 1. The number of nitrogen functional groups attached to an aromatic ring is 1. The van der Waals surface area contributed by atoms with E-state index < -0.39 is 15.5 Å². The Kier molecular flexibility index (Phi) is 2.90. The third kappa shape index (κ3) is 1.98. The first-order valence-corrected chi connectivity index (χ1v) is 5.56. The van der Waals surface area contributed by atoms with Gasteiger partial charge in [-0.3, -0.25) is 20.2 Å². The molecule has 0 spiro atoms. The molecule has 0 aliphatic rings. The number of nitrogens with two attached hydrogens (primary N) is 1. The molecule has 1 aromatic heterocycles. The zero-order valence-electron chi connectivity index (χ0n) is 8.77. The van der Waals surface area contributed by atoms with E-state index in [2.05, 4.69) is 4.98 Å². The maximum atomic E-state index is 10.8. The molecule has 0 aliphatic carbocycles. The fourth-order valence-corrected chi connectivity index (χ4v) is 1.99. The van der Waals surface area contributed by atoms with Crippen LogP contribution in [0.2, 0.25) is 0 Å². The van der Waals surface area contributed by atoms with E-state index in [1.165, 1.54) is 22.9 Å². The number of nitro groups is 2. The lowest BCUT2D eigenvalue weighted by atomic mass is 10.1. The second-order valence-electron chi connectivity index (χ2n) is 3.31. The van der Waals surface area contributed by atoms with Gasteiger partial charge in [-0.25, -0.2) is 4.98 Å². The lowest BCUT2D eigenvalue weighted by molar-refractivity contribution is -0.393. The van der Waals surface area contributed by atoms with Crippen LogP contribution in [0.4, 0.5) is 17.1 Å². The molecule has 0 saturated heterocycles. The molecule has 2 N–H and O–H groups in total. The third-order valence-electron chi connectivity index (χ3n) is 2.26. The molecule has 1 aromatic carbocycles. The van der Waals surface area contributed by atoms with Gasteiger partial charge in [0.05, 0.1) is 27.1 Å². The van der Waals surface area contributed by atoms with Gasteiger partial charge in [0.2, 0.25) is 0 Å². The van der Waals surface area contributed by atoms with E-state index in [1.807, 2.05) is 0 Å². The molecular formula is C9H6N4O4S. The first-order valence-electron chi connectivity index (χ1n) is 4.61. The Hall–Kier alpha value is -2.55. The minimum Gasteiger partial charge on any atom is -0.393 e. The van der Waals surface area contributed by atoms with Crippen LogP contribution in [-0.4, -0.2) is 14.8 Å². The molecule has 18 heavy (non-hydrogen) atoms. The number of aromatic nitrogens is 1. The van der Waals surface area contributed by atoms with E-state index in [9.17, 15) is 20.2 Å². The SMILES string of the molecule is Nc1c(-c2cscn2)cc([N+](=O)[O-])cc1[N+](=O)[O-]. The Balaban J connectivity index is 2.72. The van der Waals surface area contributed by atoms with Crippen molar-refractivity contribution in [3.05, 3.63) is 43.3 Å². The van der Waals surface area contributed by atoms with Gasteiger partial charge in [-0.2, -0.15) is 0 Å². The maximum absolute atomic E-state index is 10.8. The second kappa shape index (κ2) is 4.37. The predicted molar refractivity (Wildman–Crippen MR) is 65.3 cm³/mol. The largest absolute Gasteiger partial charge is 0.393 e. The highest BCUT2D eigenvalue weighted by Gasteiger charge is 2.23. The minimum atomic E-state index is -0.752. The van der Waals surface area contributed by atoms with Crippen molar-refractivity contribution in [1.29, 1.82) is 0 Å². The number of hydrogen-bond donors (Lipinski definition) is 1. The van der Waals surface area contributed by atoms with Gasteiger partial charge in [-0.05, 0) is 0 Å². The highest BCUT2D eigenvalue weighted by molar-refractivity contribution is 7.07. The molecule has 0 bridgehead atoms. The molecule has 0 aliphatic heterocycles. The van der Waals surface area contributed by atoms with E-state index in [0.29, 0.717) is 5.69 Å². The molecule has 0 amide bonds. The average molecular weight is 266 g/mol. The van der Waals surface area contributed by atoms with Gasteiger partial charge in [0.25, 0.3) is 11.4 Å². The summed E-state index contributed by atoms with van der Waals surface area (Å²) in [4.78, 5) is 24.0. The van der Waals surface area contributed by atoms with E-state index in [-0.39, 0.29) is 16.9 Å². The van der Waals surface area contributed by atoms with Gasteiger partial charge in [0.15, 0.2) is 0 Å². The summed E-state index contributed by atoms with van der Waals surface area (Å²) in [6, 6.07) is 2.02. The summed E-state index contributed by atoms with van der Waals surface area (Å²) in [5.74, 6) is 0. The zero-order chi connectivity index (χ0) is 13.3. The van der Waals surface area contributed by atoms with Crippen molar-refractivity contribution in [1.82, 2.24) is 4.98 Å². The molecule has 92 valence electrons. The van der Waals surface area contributed by atoms with Crippen LogP contribution in [-0.2, 0) is 0 Å². The minimum absolute atomic E-state index is 0.128. The summed E-state index contributed by atoms with van der Waals surface area (Å²) in [5, 5.41) is 23.1. The van der Waals surface area contributed by atoms with Crippen LogP contribution in [0, 0.1) is 20.2 Å². The zero-order valence-corrected chi connectivity index (χ0v) is 9.59. The molecule has 0 atom stereocenters. The Morgan fingerprint density at radius 1 is 1.22 bits per heavy atom. The monoisotopic (exact) mass is 266 g/mol. The van der Waals surface area contributed by atoms with Crippen molar-refractivity contribution in [2.75, 3.05) is 5.73 Å². The van der Waals surface area contributed by atoms with Gasteiger partial charge in [-0.15, -0.1) is 11.3 Å². The molecule has 8 nitrogen and oxygen atoms in total. The maximum Gasteiger partial charge on any atom is 0.299 e. The molecule has 0 saturated carbocycles. The smallest absolute Gasteiger partial charge is 0.299 e. The van der Waals surface area contributed by atoms with Crippen molar-refractivity contribution in [3.8, 4) is 11.3 Å². The van der Waals surface area contributed by atoms with E-state index >= 15 is 0 Å². The van der Waals surface area contributed by atoms with Crippen LogP contribution in [0.15, 0.2) is 23.0 Å². The van der Waals surface area contributed by atoms with E-state index in [4.69, 9.17) is 5.73 Å². The molecular weight excluding hydrogens is 260 g/mol. The average Bonchev–Trinajstić information content (AvgIpc) is 2.81. The third-order valence-corrected chi connectivity index (χ3v) is 2.85. The van der Waals surface area contributed by atoms with Crippen LogP contribution in [0.1, 0.15) is 0 Å². The summed E-state index contributed by atoms with van der Waals surface area (Å²) < 4.78 is 0. The van der Waals surface area contributed by atoms with Crippen LogP contribution in [0.5, 0.6) is 0 Å². The van der Waals surface area contributed by atoms with Gasteiger partial charge in [-0.1, -0.05) is 0 Å². The van der Waals surface area contributed by atoms with Crippen LogP contribution >= 0.6 is 11.3 Å². The predicted octanol–water partition coefficient (Wildman–Crippen LogP) is 2.21. The molecule has 0 radical (unpaired) electrons.